The standard InChI is InChI=1S/C20H18F2O7/c1-26-17-9-12(4-7-16(17)29-20(21)22)3-6-14(23)13-5-8-15(18(10-13)27-2)28-11-19(24)25/h3-10,20H,11H2,1-2H3,(H,24,25). The van der Waals surface area contributed by atoms with Crippen molar-refractivity contribution >= 4 is 17.8 Å². The van der Waals surface area contributed by atoms with E-state index in [0.29, 0.717) is 5.56 Å². The van der Waals surface area contributed by atoms with Crippen molar-refractivity contribution in [3.63, 3.8) is 0 Å². The highest BCUT2D eigenvalue weighted by atomic mass is 19.3. The Labute approximate surface area is 165 Å². The molecule has 0 aliphatic carbocycles. The predicted octanol–water partition coefficient (Wildman–Crippen LogP) is 3.66. The number of carboxylic acid groups (broad SMARTS) is 1. The van der Waals surface area contributed by atoms with Crippen molar-refractivity contribution in [2.75, 3.05) is 20.8 Å². The summed E-state index contributed by atoms with van der Waals surface area (Å²) in [5.41, 5.74) is 0.815. The van der Waals surface area contributed by atoms with Crippen LogP contribution in [0.25, 0.3) is 6.08 Å². The predicted molar refractivity (Wildman–Crippen MR) is 99.1 cm³/mol. The number of rotatable bonds is 10. The molecule has 2 aromatic rings. The zero-order valence-electron chi connectivity index (χ0n) is 15.6. The molecule has 0 heterocycles. The molecule has 0 bridgehead atoms. The van der Waals surface area contributed by atoms with E-state index in [1.54, 1.807) is 0 Å². The fourth-order valence-electron chi connectivity index (χ4n) is 2.33. The molecule has 29 heavy (non-hydrogen) atoms. The summed E-state index contributed by atoms with van der Waals surface area (Å²) >= 11 is 0. The van der Waals surface area contributed by atoms with Crippen molar-refractivity contribution in [1.82, 2.24) is 0 Å². The number of benzene rings is 2. The van der Waals surface area contributed by atoms with E-state index in [1.165, 1.54) is 62.8 Å². The maximum atomic E-state index is 12.4. The van der Waals surface area contributed by atoms with Gasteiger partial charge in [-0.2, -0.15) is 8.78 Å². The summed E-state index contributed by atoms with van der Waals surface area (Å²) in [6.45, 7) is -3.53. The number of carbonyl (C=O) groups excluding carboxylic acids is 1. The van der Waals surface area contributed by atoms with Crippen LogP contribution in [-0.2, 0) is 4.79 Å². The van der Waals surface area contributed by atoms with Crippen LogP contribution in [0.15, 0.2) is 42.5 Å². The third kappa shape index (κ3) is 6.20. The smallest absolute Gasteiger partial charge is 0.387 e. The molecule has 0 saturated heterocycles. The first-order valence-corrected chi connectivity index (χ1v) is 8.22. The Morgan fingerprint density at radius 1 is 1.00 bits per heavy atom. The lowest BCUT2D eigenvalue weighted by Gasteiger charge is -2.10. The minimum atomic E-state index is -2.98. The molecule has 2 aromatic carbocycles. The first-order valence-electron chi connectivity index (χ1n) is 8.22. The third-order valence-corrected chi connectivity index (χ3v) is 3.63. The zero-order valence-corrected chi connectivity index (χ0v) is 15.6. The molecular weight excluding hydrogens is 390 g/mol. The number of halogens is 2. The summed E-state index contributed by atoms with van der Waals surface area (Å²) in [5.74, 6) is -1.12. The Hall–Kier alpha value is -3.62. The number of alkyl halides is 2. The number of hydrogen-bond donors (Lipinski definition) is 1. The highest BCUT2D eigenvalue weighted by Gasteiger charge is 2.12. The van der Waals surface area contributed by atoms with E-state index in [-0.39, 0.29) is 34.3 Å². The topological polar surface area (TPSA) is 91.3 Å². The van der Waals surface area contributed by atoms with Crippen LogP contribution >= 0.6 is 0 Å². The van der Waals surface area contributed by atoms with Crippen molar-refractivity contribution in [2.24, 2.45) is 0 Å². The van der Waals surface area contributed by atoms with E-state index in [4.69, 9.17) is 19.3 Å². The first-order chi connectivity index (χ1) is 13.8. The molecule has 0 radical (unpaired) electrons. The van der Waals surface area contributed by atoms with Gasteiger partial charge >= 0.3 is 12.6 Å². The second-order valence-electron chi connectivity index (χ2n) is 5.53. The summed E-state index contributed by atoms with van der Waals surface area (Å²) in [6, 6.07) is 8.57. The van der Waals surface area contributed by atoms with Crippen LogP contribution in [0.3, 0.4) is 0 Å². The molecule has 0 aliphatic heterocycles. The summed E-state index contributed by atoms with van der Waals surface area (Å²) < 4.78 is 44.3. The minimum absolute atomic E-state index is 0.0986. The number of methoxy groups -OCH3 is 2. The Morgan fingerprint density at radius 2 is 1.66 bits per heavy atom. The third-order valence-electron chi connectivity index (χ3n) is 3.63. The SMILES string of the molecule is COc1cc(C(=O)C=Cc2ccc(OC(F)F)c(OC)c2)ccc1OCC(=O)O. The van der Waals surface area contributed by atoms with Gasteiger partial charge in [-0.3, -0.25) is 4.79 Å². The molecule has 0 aliphatic rings. The number of carboxylic acids is 1. The Morgan fingerprint density at radius 3 is 2.28 bits per heavy atom. The average Bonchev–Trinajstić information content (AvgIpc) is 2.70. The van der Waals surface area contributed by atoms with Crippen LogP contribution in [0.4, 0.5) is 8.78 Å². The maximum Gasteiger partial charge on any atom is 0.387 e. The highest BCUT2D eigenvalue weighted by molar-refractivity contribution is 6.07. The molecule has 2 rings (SSSR count). The number of ketones is 1. The van der Waals surface area contributed by atoms with Crippen LogP contribution in [-0.4, -0.2) is 44.3 Å². The van der Waals surface area contributed by atoms with Crippen molar-refractivity contribution < 1.29 is 42.4 Å². The van der Waals surface area contributed by atoms with Crippen molar-refractivity contribution in [1.29, 1.82) is 0 Å². The zero-order chi connectivity index (χ0) is 21.4. The fraction of sp³-hybridized carbons (Fsp3) is 0.200. The van der Waals surface area contributed by atoms with Gasteiger partial charge < -0.3 is 24.1 Å². The van der Waals surface area contributed by atoms with Crippen LogP contribution in [0.2, 0.25) is 0 Å². The molecule has 9 heteroatoms. The van der Waals surface area contributed by atoms with Crippen LogP contribution < -0.4 is 18.9 Å². The van der Waals surface area contributed by atoms with Crippen LogP contribution in [0.1, 0.15) is 15.9 Å². The largest absolute Gasteiger partial charge is 0.493 e. The number of carbonyl (C=O) groups is 2. The maximum absolute atomic E-state index is 12.4. The van der Waals surface area contributed by atoms with Crippen LogP contribution in [0, 0.1) is 0 Å². The van der Waals surface area contributed by atoms with Gasteiger partial charge in [-0.25, -0.2) is 4.79 Å². The molecule has 0 atom stereocenters. The number of ether oxygens (including phenoxy) is 4. The van der Waals surface area contributed by atoms with E-state index >= 15 is 0 Å². The second kappa shape index (κ2) is 10.1. The van der Waals surface area contributed by atoms with E-state index < -0.39 is 19.2 Å². The summed E-state index contributed by atoms with van der Waals surface area (Å²) in [6.07, 6.45) is 2.77. The van der Waals surface area contributed by atoms with Gasteiger partial charge in [0.05, 0.1) is 14.2 Å². The van der Waals surface area contributed by atoms with Gasteiger partial charge in [-0.15, -0.1) is 0 Å². The lowest BCUT2D eigenvalue weighted by atomic mass is 10.1. The lowest BCUT2D eigenvalue weighted by Crippen LogP contribution is -2.10. The van der Waals surface area contributed by atoms with Gasteiger partial charge in [-0.1, -0.05) is 12.1 Å². The van der Waals surface area contributed by atoms with Gasteiger partial charge in [0, 0.05) is 5.56 Å². The number of aliphatic carboxylic acids is 1. The van der Waals surface area contributed by atoms with Crippen molar-refractivity contribution in [3.8, 4) is 23.0 Å². The molecular formula is C20H18F2O7. The average molecular weight is 408 g/mol. The summed E-state index contributed by atoms with van der Waals surface area (Å²) in [4.78, 5) is 23.0. The Bertz CT molecular complexity index is 910. The van der Waals surface area contributed by atoms with Crippen molar-refractivity contribution in [2.45, 2.75) is 6.61 Å². The molecule has 0 aromatic heterocycles. The van der Waals surface area contributed by atoms with E-state index in [2.05, 4.69) is 4.74 Å². The molecule has 0 saturated carbocycles. The lowest BCUT2D eigenvalue weighted by molar-refractivity contribution is -0.139. The molecule has 1 N–H and O–H groups in total. The quantitative estimate of drug-likeness (QED) is 0.474. The molecule has 0 spiro atoms. The molecule has 0 fully saturated rings. The normalized spacial score (nSPS) is 10.8. The van der Waals surface area contributed by atoms with Gasteiger partial charge in [-0.05, 0) is 42.0 Å². The van der Waals surface area contributed by atoms with Gasteiger partial charge in [0.2, 0.25) is 0 Å². The molecule has 154 valence electrons. The minimum Gasteiger partial charge on any atom is -0.493 e. The molecule has 7 nitrogen and oxygen atoms in total. The van der Waals surface area contributed by atoms with E-state index in [0.717, 1.165) is 0 Å². The van der Waals surface area contributed by atoms with E-state index in [9.17, 15) is 18.4 Å². The van der Waals surface area contributed by atoms with Gasteiger partial charge in [0.25, 0.3) is 0 Å². The highest BCUT2D eigenvalue weighted by Crippen LogP contribution is 2.30. The van der Waals surface area contributed by atoms with Gasteiger partial charge in [0.15, 0.2) is 35.4 Å². The summed E-state index contributed by atoms with van der Waals surface area (Å²) in [7, 11) is 2.68. The van der Waals surface area contributed by atoms with Crippen molar-refractivity contribution in [3.05, 3.63) is 53.6 Å². The number of allylic oxidation sites excluding steroid dienone is 1. The fourth-order valence-corrected chi connectivity index (χ4v) is 2.33. The van der Waals surface area contributed by atoms with Crippen LogP contribution in [0.5, 0.6) is 23.0 Å². The van der Waals surface area contributed by atoms with Gasteiger partial charge in [0.1, 0.15) is 0 Å². The Balaban J connectivity index is 2.16. The molecule has 0 amide bonds. The Kier molecular flexibility index (Phi) is 7.53. The summed E-state index contributed by atoms with van der Waals surface area (Å²) in [5, 5.41) is 8.67. The first kappa shape index (κ1) is 21.7. The molecule has 0 unspecified atom stereocenters. The second-order valence-corrected chi connectivity index (χ2v) is 5.53. The monoisotopic (exact) mass is 408 g/mol. The number of hydrogen-bond acceptors (Lipinski definition) is 6. The van der Waals surface area contributed by atoms with E-state index in [1.807, 2.05) is 0 Å².